The lowest BCUT2D eigenvalue weighted by Gasteiger charge is -2.10. The fourth-order valence-corrected chi connectivity index (χ4v) is 3.07. The van der Waals surface area contributed by atoms with Crippen LogP contribution in [0.2, 0.25) is 5.02 Å². The molecule has 0 aromatic heterocycles. The maximum atomic E-state index is 12.2. The van der Waals surface area contributed by atoms with Crippen LogP contribution in [-0.2, 0) is 9.84 Å². The van der Waals surface area contributed by atoms with Gasteiger partial charge in [-0.25, -0.2) is 8.42 Å². The first-order valence-electron chi connectivity index (χ1n) is 5.44. The van der Waals surface area contributed by atoms with Crippen molar-refractivity contribution in [2.45, 2.75) is 11.3 Å². The largest absolute Gasteiger partial charge is 0.411 e. The third kappa shape index (κ3) is 3.21. The SMILES string of the molecule is O=S(=O)(CC1=NC=CCC1=NO)c1ccc(Cl)cc1. The molecule has 0 spiro atoms. The Balaban J connectivity index is 2.29. The van der Waals surface area contributed by atoms with E-state index < -0.39 is 9.84 Å². The second kappa shape index (κ2) is 5.54. The van der Waals surface area contributed by atoms with Gasteiger partial charge < -0.3 is 5.21 Å². The molecule has 100 valence electrons. The van der Waals surface area contributed by atoms with E-state index in [2.05, 4.69) is 10.1 Å². The molecule has 1 aromatic rings. The first-order valence-corrected chi connectivity index (χ1v) is 7.47. The zero-order valence-corrected chi connectivity index (χ0v) is 11.4. The van der Waals surface area contributed by atoms with Crippen molar-refractivity contribution < 1.29 is 13.6 Å². The highest BCUT2D eigenvalue weighted by molar-refractivity contribution is 7.92. The summed E-state index contributed by atoms with van der Waals surface area (Å²) in [5.41, 5.74) is 0.514. The topological polar surface area (TPSA) is 79.1 Å². The number of halogens is 1. The monoisotopic (exact) mass is 298 g/mol. The molecule has 0 amide bonds. The van der Waals surface area contributed by atoms with Crippen molar-refractivity contribution in [3.63, 3.8) is 0 Å². The van der Waals surface area contributed by atoms with Crippen molar-refractivity contribution in [3.05, 3.63) is 41.6 Å². The molecule has 0 aliphatic carbocycles. The van der Waals surface area contributed by atoms with Crippen LogP contribution in [0.15, 0.2) is 51.6 Å². The quantitative estimate of drug-likeness (QED) is 0.687. The standard InChI is InChI=1S/C12H11ClN2O3S/c13-9-3-5-10(6-4-9)19(17,18)8-12-11(15-16)2-1-7-14-12/h1,3-7,16H,2,8H2. The molecule has 1 aliphatic rings. The van der Waals surface area contributed by atoms with Crippen molar-refractivity contribution >= 4 is 32.9 Å². The number of allylic oxidation sites excluding steroid dienone is 1. The number of nitrogens with zero attached hydrogens (tertiary/aromatic N) is 2. The van der Waals surface area contributed by atoms with Gasteiger partial charge in [0.25, 0.3) is 0 Å². The third-order valence-electron chi connectivity index (χ3n) is 2.60. The number of aliphatic imine (C=N–C) groups is 1. The van der Waals surface area contributed by atoms with Crippen molar-refractivity contribution in [1.29, 1.82) is 0 Å². The van der Waals surface area contributed by atoms with E-state index in [1.807, 2.05) is 0 Å². The molecule has 1 N–H and O–H groups in total. The van der Waals surface area contributed by atoms with Crippen molar-refractivity contribution in [2.75, 3.05) is 5.75 Å². The lowest BCUT2D eigenvalue weighted by atomic mass is 10.1. The van der Waals surface area contributed by atoms with E-state index in [1.54, 1.807) is 6.08 Å². The predicted molar refractivity (Wildman–Crippen MR) is 73.9 cm³/mol. The fourth-order valence-electron chi connectivity index (χ4n) is 1.62. The molecule has 0 radical (unpaired) electrons. The normalized spacial score (nSPS) is 17.5. The van der Waals surface area contributed by atoms with Gasteiger partial charge in [0.2, 0.25) is 0 Å². The van der Waals surface area contributed by atoms with E-state index in [0.717, 1.165) is 0 Å². The summed E-state index contributed by atoms with van der Waals surface area (Å²) >= 11 is 5.72. The third-order valence-corrected chi connectivity index (χ3v) is 4.50. The zero-order valence-electron chi connectivity index (χ0n) is 9.82. The highest BCUT2D eigenvalue weighted by Crippen LogP contribution is 2.16. The summed E-state index contributed by atoms with van der Waals surface area (Å²) in [7, 11) is -3.53. The van der Waals surface area contributed by atoms with E-state index in [9.17, 15) is 8.42 Å². The van der Waals surface area contributed by atoms with Gasteiger partial charge in [0.15, 0.2) is 9.84 Å². The molecular weight excluding hydrogens is 288 g/mol. The Morgan fingerprint density at radius 3 is 2.63 bits per heavy atom. The van der Waals surface area contributed by atoms with Crippen LogP contribution >= 0.6 is 11.6 Å². The molecule has 0 saturated carbocycles. The van der Waals surface area contributed by atoms with Crippen LogP contribution in [0.25, 0.3) is 0 Å². The number of hydrogen-bond acceptors (Lipinski definition) is 5. The first kappa shape index (κ1) is 13.8. The van der Waals surface area contributed by atoms with Gasteiger partial charge in [0.1, 0.15) is 5.71 Å². The average molecular weight is 299 g/mol. The summed E-state index contributed by atoms with van der Waals surface area (Å²) in [6.45, 7) is 0. The van der Waals surface area contributed by atoms with Crippen LogP contribution in [0, 0.1) is 0 Å². The minimum absolute atomic E-state index is 0.159. The highest BCUT2D eigenvalue weighted by Gasteiger charge is 2.22. The summed E-state index contributed by atoms with van der Waals surface area (Å²) in [6, 6.07) is 5.90. The van der Waals surface area contributed by atoms with Crippen molar-refractivity contribution in [1.82, 2.24) is 0 Å². The molecular formula is C12H11ClN2O3S. The molecule has 7 heteroatoms. The summed E-state index contributed by atoms with van der Waals surface area (Å²) < 4.78 is 24.4. The van der Waals surface area contributed by atoms with Gasteiger partial charge in [-0.05, 0) is 24.3 Å². The molecule has 1 heterocycles. The van der Waals surface area contributed by atoms with Gasteiger partial charge in [0.05, 0.1) is 16.4 Å². The zero-order chi connectivity index (χ0) is 13.9. The molecule has 1 aliphatic heterocycles. The number of oxime groups is 1. The molecule has 0 fully saturated rings. The number of rotatable bonds is 3. The maximum absolute atomic E-state index is 12.2. The second-order valence-electron chi connectivity index (χ2n) is 3.92. The second-order valence-corrected chi connectivity index (χ2v) is 6.35. The van der Waals surface area contributed by atoms with Gasteiger partial charge in [-0.1, -0.05) is 22.8 Å². The summed E-state index contributed by atoms with van der Waals surface area (Å²) in [6.07, 6.45) is 3.56. The molecule has 2 rings (SSSR count). The Bertz CT molecular complexity index is 661. The minimum atomic E-state index is -3.53. The van der Waals surface area contributed by atoms with Crippen molar-refractivity contribution in [2.24, 2.45) is 10.1 Å². The van der Waals surface area contributed by atoms with E-state index in [4.69, 9.17) is 16.8 Å². The molecule has 1 aromatic carbocycles. The minimum Gasteiger partial charge on any atom is -0.411 e. The van der Waals surface area contributed by atoms with E-state index in [1.165, 1.54) is 30.5 Å². The average Bonchev–Trinajstić information content (AvgIpc) is 2.39. The maximum Gasteiger partial charge on any atom is 0.184 e. The number of hydrogen-bond donors (Lipinski definition) is 1. The van der Waals surface area contributed by atoms with E-state index in [0.29, 0.717) is 11.4 Å². The van der Waals surface area contributed by atoms with Crippen LogP contribution < -0.4 is 0 Å². The van der Waals surface area contributed by atoms with E-state index in [-0.39, 0.29) is 22.1 Å². The van der Waals surface area contributed by atoms with Gasteiger partial charge in [0, 0.05) is 17.6 Å². The molecule has 0 saturated heterocycles. The van der Waals surface area contributed by atoms with Crippen LogP contribution in [0.1, 0.15) is 6.42 Å². The fraction of sp³-hybridized carbons (Fsp3) is 0.167. The Morgan fingerprint density at radius 1 is 1.32 bits per heavy atom. The Kier molecular flexibility index (Phi) is 4.01. The predicted octanol–water partition coefficient (Wildman–Crippen LogP) is 2.30. The van der Waals surface area contributed by atoms with Gasteiger partial charge in [-0.15, -0.1) is 0 Å². The Hall–Kier alpha value is -1.66. The summed E-state index contributed by atoms with van der Waals surface area (Å²) in [5, 5.41) is 12.4. The highest BCUT2D eigenvalue weighted by atomic mass is 35.5. The van der Waals surface area contributed by atoms with Gasteiger partial charge in [-0.3, -0.25) is 4.99 Å². The number of benzene rings is 1. The Labute approximate surface area is 115 Å². The molecule has 19 heavy (non-hydrogen) atoms. The van der Waals surface area contributed by atoms with Crippen LogP contribution in [0.4, 0.5) is 0 Å². The smallest absolute Gasteiger partial charge is 0.184 e. The number of sulfone groups is 1. The van der Waals surface area contributed by atoms with E-state index >= 15 is 0 Å². The lowest BCUT2D eigenvalue weighted by Crippen LogP contribution is -2.25. The van der Waals surface area contributed by atoms with Crippen molar-refractivity contribution in [3.8, 4) is 0 Å². The molecule has 0 atom stereocenters. The summed E-state index contributed by atoms with van der Waals surface area (Å²) in [4.78, 5) is 4.11. The molecule has 0 unspecified atom stereocenters. The Morgan fingerprint density at radius 2 is 2.00 bits per heavy atom. The van der Waals surface area contributed by atoms with Crippen LogP contribution in [0.3, 0.4) is 0 Å². The lowest BCUT2D eigenvalue weighted by molar-refractivity contribution is 0.319. The summed E-state index contributed by atoms with van der Waals surface area (Å²) in [5.74, 6) is -0.307. The molecule has 5 nitrogen and oxygen atoms in total. The van der Waals surface area contributed by atoms with Crippen LogP contribution in [-0.4, -0.2) is 30.8 Å². The van der Waals surface area contributed by atoms with Gasteiger partial charge in [-0.2, -0.15) is 0 Å². The molecule has 0 bridgehead atoms. The van der Waals surface area contributed by atoms with Gasteiger partial charge >= 0.3 is 0 Å². The van der Waals surface area contributed by atoms with Crippen LogP contribution in [0.5, 0.6) is 0 Å². The first-order chi connectivity index (χ1) is 9.03.